The molecule has 1 aliphatic rings. The van der Waals surface area contributed by atoms with Gasteiger partial charge in [-0.15, -0.1) is 0 Å². The summed E-state index contributed by atoms with van der Waals surface area (Å²) in [6.45, 7) is 17.3. The van der Waals surface area contributed by atoms with Gasteiger partial charge >= 0.3 is 6.09 Å². The van der Waals surface area contributed by atoms with Gasteiger partial charge in [0.05, 0.1) is 18.8 Å². The third kappa shape index (κ3) is 9.56. The summed E-state index contributed by atoms with van der Waals surface area (Å²) in [5.41, 5.74) is 0.198. The summed E-state index contributed by atoms with van der Waals surface area (Å²) < 4.78 is 23.5. The second-order valence-corrected chi connectivity index (χ2v) is 16.4. The summed E-state index contributed by atoms with van der Waals surface area (Å²) in [4.78, 5) is 12.2. The van der Waals surface area contributed by atoms with E-state index in [1.165, 1.54) is 0 Å². The van der Waals surface area contributed by atoms with Gasteiger partial charge in [0.1, 0.15) is 11.4 Å². The van der Waals surface area contributed by atoms with E-state index >= 15 is 0 Å². The van der Waals surface area contributed by atoms with Crippen molar-refractivity contribution >= 4 is 14.4 Å². The van der Waals surface area contributed by atoms with Crippen LogP contribution in [0.15, 0.2) is 24.3 Å². The van der Waals surface area contributed by atoms with Crippen molar-refractivity contribution in [2.75, 3.05) is 13.2 Å². The summed E-state index contributed by atoms with van der Waals surface area (Å²) in [5, 5.41) is 13.8. The number of aliphatic hydroxyl groups is 1. The number of carbonyl (C=O) groups excluding carboxylic acids is 1. The number of nitrogens with one attached hydrogen (secondary N) is 1. The van der Waals surface area contributed by atoms with Crippen LogP contribution in [0.3, 0.4) is 0 Å². The monoisotopic (exact) mass is 495 g/mol. The Kier molecular flexibility index (Phi) is 10.0. The van der Waals surface area contributed by atoms with E-state index < -0.39 is 26.1 Å². The summed E-state index contributed by atoms with van der Waals surface area (Å²) in [5.74, 6) is 0.725. The Hall–Kier alpha value is -1.61. The van der Waals surface area contributed by atoms with E-state index in [2.05, 4.69) is 39.2 Å². The van der Waals surface area contributed by atoms with Crippen molar-refractivity contribution < 1.29 is 28.5 Å². The highest BCUT2D eigenvalue weighted by molar-refractivity contribution is 6.74. The van der Waals surface area contributed by atoms with Gasteiger partial charge in [0.25, 0.3) is 0 Å². The first-order valence-corrected chi connectivity index (χ1v) is 15.3. The van der Waals surface area contributed by atoms with Gasteiger partial charge in [-0.3, -0.25) is 0 Å². The van der Waals surface area contributed by atoms with Crippen LogP contribution >= 0.6 is 0 Å². The minimum absolute atomic E-state index is 0.00228. The molecule has 0 aliphatic carbocycles. The van der Waals surface area contributed by atoms with Gasteiger partial charge in [-0.05, 0) is 69.4 Å². The average molecular weight is 496 g/mol. The van der Waals surface area contributed by atoms with Crippen molar-refractivity contribution in [2.24, 2.45) is 0 Å². The van der Waals surface area contributed by atoms with Crippen LogP contribution < -0.4 is 10.1 Å². The van der Waals surface area contributed by atoms with Gasteiger partial charge in [0.15, 0.2) is 14.6 Å². The number of benzene rings is 1. The van der Waals surface area contributed by atoms with Crippen molar-refractivity contribution in [1.29, 1.82) is 0 Å². The maximum absolute atomic E-state index is 12.2. The van der Waals surface area contributed by atoms with Gasteiger partial charge in [-0.2, -0.15) is 0 Å². The van der Waals surface area contributed by atoms with Gasteiger partial charge in [0, 0.05) is 19.4 Å². The zero-order valence-electron chi connectivity index (χ0n) is 22.3. The quantitative estimate of drug-likeness (QED) is 0.413. The van der Waals surface area contributed by atoms with Crippen molar-refractivity contribution in [1.82, 2.24) is 5.32 Å². The fourth-order valence-corrected chi connectivity index (χ4v) is 4.75. The van der Waals surface area contributed by atoms with Gasteiger partial charge in [0.2, 0.25) is 0 Å². The molecule has 1 saturated heterocycles. The summed E-state index contributed by atoms with van der Waals surface area (Å²) in [6, 6.07) is 7.46. The highest BCUT2D eigenvalue weighted by Gasteiger charge is 2.39. The second-order valence-electron chi connectivity index (χ2n) is 11.6. The maximum Gasteiger partial charge on any atom is 0.407 e. The first-order valence-electron chi connectivity index (χ1n) is 12.4. The molecule has 8 heteroatoms. The topological polar surface area (TPSA) is 86.3 Å². The number of aliphatic hydroxyl groups excluding tert-OH is 1. The van der Waals surface area contributed by atoms with E-state index in [1.54, 1.807) is 0 Å². The van der Waals surface area contributed by atoms with Crippen LogP contribution in [-0.4, -0.2) is 50.7 Å². The van der Waals surface area contributed by atoms with Crippen molar-refractivity contribution in [3.63, 3.8) is 0 Å². The molecule has 7 nitrogen and oxygen atoms in total. The van der Waals surface area contributed by atoms with E-state index in [9.17, 15) is 9.90 Å². The molecule has 0 radical (unpaired) electrons. The van der Waals surface area contributed by atoms with Crippen LogP contribution in [-0.2, 0) is 13.9 Å². The van der Waals surface area contributed by atoms with Crippen LogP contribution in [0.1, 0.15) is 78.9 Å². The summed E-state index contributed by atoms with van der Waals surface area (Å²) in [7, 11) is -2.13. The number of ether oxygens (including phenoxy) is 3. The molecule has 0 bridgehead atoms. The molecule has 2 rings (SSSR count). The summed E-state index contributed by atoms with van der Waals surface area (Å²) >= 11 is 0. The first kappa shape index (κ1) is 28.6. The summed E-state index contributed by atoms with van der Waals surface area (Å²) in [6.07, 6.45) is 1.64. The lowest BCUT2D eigenvalue weighted by Gasteiger charge is -2.39. The van der Waals surface area contributed by atoms with E-state index in [0.29, 0.717) is 6.42 Å². The van der Waals surface area contributed by atoms with Gasteiger partial charge in [-0.25, -0.2) is 4.79 Å². The number of carbonyl (C=O) groups is 1. The molecule has 1 aromatic carbocycles. The Morgan fingerprint density at radius 3 is 2.32 bits per heavy atom. The fourth-order valence-electron chi connectivity index (χ4n) is 3.39. The molecule has 1 aliphatic heterocycles. The molecule has 0 spiro atoms. The number of amides is 1. The van der Waals surface area contributed by atoms with Gasteiger partial charge in [-0.1, -0.05) is 32.9 Å². The Morgan fingerprint density at radius 1 is 1.15 bits per heavy atom. The molecule has 0 aromatic heterocycles. The molecular formula is C26H45NO6Si. The lowest BCUT2D eigenvalue weighted by molar-refractivity contribution is -0.105. The smallest absolute Gasteiger partial charge is 0.407 e. The van der Waals surface area contributed by atoms with Crippen molar-refractivity contribution in [3.05, 3.63) is 29.8 Å². The van der Waals surface area contributed by atoms with Crippen LogP contribution in [0.2, 0.25) is 18.1 Å². The molecule has 194 valence electrons. The highest BCUT2D eigenvalue weighted by atomic mass is 28.4. The molecular weight excluding hydrogens is 450 g/mol. The van der Waals surface area contributed by atoms with Crippen LogP contribution in [0.4, 0.5) is 4.79 Å². The number of hydrogen-bond donors (Lipinski definition) is 2. The van der Waals surface area contributed by atoms with Crippen molar-refractivity contribution in [3.8, 4) is 5.75 Å². The maximum atomic E-state index is 12.2. The molecule has 1 aromatic rings. The van der Waals surface area contributed by atoms with E-state index in [1.807, 2.05) is 45.0 Å². The zero-order chi connectivity index (χ0) is 25.6. The second kappa shape index (κ2) is 11.9. The Labute approximate surface area is 206 Å². The van der Waals surface area contributed by atoms with E-state index in [0.717, 1.165) is 37.2 Å². The van der Waals surface area contributed by atoms with Crippen LogP contribution in [0.5, 0.6) is 5.75 Å². The minimum Gasteiger partial charge on any atom is -0.465 e. The average Bonchev–Trinajstić information content (AvgIpc) is 2.71. The molecule has 2 N–H and O–H groups in total. The lowest BCUT2D eigenvalue weighted by Crippen LogP contribution is -2.47. The molecule has 34 heavy (non-hydrogen) atoms. The predicted molar refractivity (Wildman–Crippen MR) is 137 cm³/mol. The number of hydrogen-bond acceptors (Lipinski definition) is 6. The molecule has 1 amide bonds. The van der Waals surface area contributed by atoms with Crippen LogP contribution in [0, 0.1) is 0 Å². The SMILES string of the molecule is CC(C)(C)OC(=O)NC[C@@H](CC(O)c1ccc(OC2CCCCO2)cc1)O[Si](C)(C)C(C)(C)C. The number of rotatable bonds is 9. The normalized spacial score (nSPS) is 19.3. The zero-order valence-corrected chi connectivity index (χ0v) is 23.3. The lowest BCUT2D eigenvalue weighted by atomic mass is 10.0. The first-order chi connectivity index (χ1) is 15.7. The Balaban J connectivity index is 2.03. The fraction of sp³-hybridized carbons (Fsp3) is 0.731. The largest absolute Gasteiger partial charge is 0.465 e. The molecule has 0 saturated carbocycles. The highest BCUT2D eigenvalue weighted by Crippen LogP contribution is 2.38. The Bertz CT molecular complexity index is 763. The standard InChI is InChI=1S/C26H45NO6Si/c1-25(2,3)32-24(29)27-18-21(33-34(7,8)26(4,5)6)17-22(28)19-12-14-20(15-13-19)31-23-11-9-10-16-30-23/h12-15,21-23,28H,9-11,16-18H2,1-8H3,(H,27,29)/t21-,22?,23?/m1/s1. The van der Waals surface area contributed by atoms with Crippen molar-refractivity contribution in [2.45, 2.75) is 109 Å². The molecule has 1 fully saturated rings. The van der Waals surface area contributed by atoms with E-state index in [4.69, 9.17) is 18.6 Å². The van der Waals surface area contributed by atoms with Gasteiger partial charge < -0.3 is 29.1 Å². The Morgan fingerprint density at radius 2 is 1.79 bits per heavy atom. The predicted octanol–water partition coefficient (Wildman–Crippen LogP) is 5.93. The third-order valence-corrected chi connectivity index (χ3v) is 10.8. The van der Waals surface area contributed by atoms with E-state index in [-0.39, 0.29) is 24.0 Å². The molecule has 1 heterocycles. The molecule has 3 atom stereocenters. The third-order valence-electron chi connectivity index (χ3n) is 6.30. The van der Waals surface area contributed by atoms with Crippen LogP contribution in [0.25, 0.3) is 0 Å². The minimum atomic E-state index is -2.13. The number of alkyl carbamates (subject to hydrolysis) is 1. The molecule has 2 unspecified atom stereocenters.